The maximum atomic E-state index is 2.83. The lowest BCUT2D eigenvalue weighted by Crippen LogP contribution is -2.61. The zero-order chi connectivity index (χ0) is 46.2. The molecule has 4 heterocycles. The van der Waals surface area contributed by atoms with Crippen LogP contribution in [0.2, 0.25) is 0 Å². The Hall–Kier alpha value is -6.36. The van der Waals surface area contributed by atoms with Crippen LogP contribution in [0.5, 0.6) is 0 Å². The molecule has 20 rings (SSSR count). The Morgan fingerprint density at radius 3 is 1.75 bits per heavy atom. The summed E-state index contributed by atoms with van der Waals surface area (Å²) in [6, 6.07) is 65.0. The van der Waals surface area contributed by atoms with Gasteiger partial charge in [0.15, 0.2) is 0 Å². The van der Waals surface area contributed by atoms with Gasteiger partial charge in [-0.2, -0.15) is 0 Å². The highest BCUT2D eigenvalue weighted by Crippen LogP contribution is 2.85. The first-order valence-corrected chi connectivity index (χ1v) is 28.6. The molecule has 344 valence electrons. The molecule has 10 aromatic rings. The van der Waals surface area contributed by atoms with Gasteiger partial charge in [0.2, 0.25) is 0 Å². The van der Waals surface area contributed by atoms with E-state index in [2.05, 4.69) is 173 Å². The first-order valence-electron chi connectivity index (χ1n) is 27.7. The SMILES string of the molecule is c1ccc(-c2ccc(N3B4c5c(cc(-c6ccccc6)cc5-n5c6ccc(C78CC9CC%10CC(C7)C%109C8)cc6c6cc(C78CC9CC%10C[C@@H](C7)C%109C8)cc4c65)-c4cc5c(cc43)sc3ccccc35)cc2)cc1. The Labute approximate surface area is 424 Å². The summed E-state index contributed by atoms with van der Waals surface area (Å²) in [5.74, 6) is 5.82. The van der Waals surface area contributed by atoms with Crippen molar-refractivity contribution in [2.75, 3.05) is 4.81 Å². The lowest BCUT2D eigenvalue weighted by atomic mass is 9.38. The van der Waals surface area contributed by atoms with Crippen LogP contribution in [0.4, 0.5) is 11.4 Å². The summed E-state index contributed by atoms with van der Waals surface area (Å²) in [6.07, 6.45) is 14.5. The second-order valence-corrected chi connectivity index (χ2v) is 26.7. The highest BCUT2D eigenvalue weighted by molar-refractivity contribution is 7.25. The molecule has 0 amide bonds. The van der Waals surface area contributed by atoms with E-state index in [0.29, 0.717) is 16.2 Å². The second kappa shape index (κ2) is 12.3. The molecule has 4 heteroatoms. The molecule has 2 aromatic heterocycles. The Morgan fingerprint density at radius 1 is 0.444 bits per heavy atom. The van der Waals surface area contributed by atoms with E-state index in [1.807, 2.05) is 11.3 Å². The largest absolute Gasteiger partial charge is 0.376 e. The number of anilines is 2. The molecule has 0 radical (unpaired) electrons. The van der Waals surface area contributed by atoms with E-state index in [9.17, 15) is 0 Å². The van der Waals surface area contributed by atoms with Gasteiger partial charge in [-0.25, -0.2) is 0 Å². The van der Waals surface area contributed by atoms with Crippen LogP contribution < -0.4 is 15.7 Å². The fourth-order valence-corrected chi connectivity index (χ4v) is 21.8. The maximum absolute atomic E-state index is 2.83. The normalized spacial score (nSPS) is 32.6. The van der Waals surface area contributed by atoms with Crippen molar-refractivity contribution in [1.82, 2.24) is 4.57 Å². The molecule has 8 fully saturated rings. The minimum Gasteiger partial charge on any atom is -0.376 e. The number of fused-ring (bicyclic) bond motifs is 12. The van der Waals surface area contributed by atoms with E-state index in [0.717, 1.165) is 35.5 Å². The van der Waals surface area contributed by atoms with Crippen LogP contribution in [0.3, 0.4) is 0 Å². The van der Waals surface area contributed by atoms with Gasteiger partial charge in [-0.15, -0.1) is 11.3 Å². The van der Waals surface area contributed by atoms with Crippen molar-refractivity contribution in [2.45, 2.75) is 75.0 Å². The van der Waals surface area contributed by atoms with E-state index in [-0.39, 0.29) is 12.3 Å². The lowest BCUT2D eigenvalue weighted by molar-refractivity contribution is -0.175. The van der Waals surface area contributed by atoms with Gasteiger partial charge >= 0.3 is 6.85 Å². The third-order valence-corrected chi connectivity index (χ3v) is 24.6. The third-order valence-electron chi connectivity index (χ3n) is 23.4. The van der Waals surface area contributed by atoms with E-state index < -0.39 is 0 Å². The molecule has 2 spiro atoms. The van der Waals surface area contributed by atoms with Gasteiger partial charge in [0, 0.05) is 53.6 Å². The fourth-order valence-electron chi connectivity index (χ4n) is 20.7. The van der Waals surface area contributed by atoms with Crippen LogP contribution in [0.1, 0.15) is 75.3 Å². The Bertz CT molecular complexity index is 4110. The number of thiophene rings is 1. The molecular weight excluding hydrogens is 888 g/mol. The van der Waals surface area contributed by atoms with E-state index >= 15 is 0 Å². The molecule has 0 saturated heterocycles. The zero-order valence-corrected chi connectivity index (χ0v) is 41.3. The van der Waals surface area contributed by atoms with Gasteiger partial charge in [-0.3, -0.25) is 0 Å². The second-order valence-electron chi connectivity index (χ2n) is 25.6. The molecule has 10 aliphatic rings. The van der Waals surface area contributed by atoms with Gasteiger partial charge in [-0.1, -0.05) is 103 Å². The highest BCUT2D eigenvalue weighted by atomic mass is 32.1. The minimum absolute atomic E-state index is 0.00966. The van der Waals surface area contributed by atoms with Crippen molar-refractivity contribution >= 4 is 82.5 Å². The molecule has 0 N–H and O–H groups in total. The average molecular weight is 941 g/mol. The van der Waals surface area contributed by atoms with Crippen molar-refractivity contribution in [3.05, 3.63) is 175 Å². The predicted molar refractivity (Wildman–Crippen MR) is 299 cm³/mol. The molecule has 72 heavy (non-hydrogen) atoms. The van der Waals surface area contributed by atoms with Gasteiger partial charge in [0.05, 0.1) is 11.0 Å². The zero-order valence-electron chi connectivity index (χ0n) is 40.5. The minimum atomic E-state index is -0.00966. The van der Waals surface area contributed by atoms with E-state index in [4.69, 9.17) is 0 Å². The summed E-state index contributed by atoms with van der Waals surface area (Å²) in [7, 11) is 0. The summed E-state index contributed by atoms with van der Waals surface area (Å²) < 4.78 is 5.51. The monoisotopic (exact) mass is 940 g/mol. The molecule has 8 aromatic carbocycles. The van der Waals surface area contributed by atoms with E-state index in [1.165, 1.54) is 168 Å². The van der Waals surface area contributed by atoms with Crippen molar-refractivity contribution < 1.29 is 0 Å². The molecule has 2 aliphatic heterocycles. The first kappa shape index (κ1) is 38.3. The van der Waals surface area contributed by atoms with Crippen LogP contribution in [0, 0.1) is 46.3 Å². The van der Waals surface area contributed by atoms with E-state index in [1.54, 1.807) is 11.1 Å². The van der Waals surface area contributed by atoms with Gasteiger partial charge in [0.1, 0.15) is 0 Å². The van der Waals surface area contributed by atoms with Gasteiger partial charge < -0.3 is 9.38 Å². The van der Waals surface area contributed by atoms with Crippen molar-refractivity contribution in [1.29, 1.82) is 0 Å². The molecule has 8 aliphatic carbocycles. The van der Waals surface area contributed by atoms with Crippen LogP contribution in [-0.2, 0) is 10.8 Å². The van der Waals surface area contributed by atoms with Crippen molar-refractivity contribution in [2.24, 2.45) is 46.3 Å². The number of nitrogens with zero attached hydrogens (tertiary/aromatic N) is 2. The summed E-state index contributed by atoms with van der Waals surface area (Å²) in [4.78, 5) is 2.81. The van der Waals surface area contributed by atoms with Crippen LogP contribution >= 0.6 is 11.3 Å². The third kappa shape index (κ3) is 4.21. The summed E-state index contributed by atoms with van der Waals surface area (Å²) in [5, 5.41) is 5.73. The van der Waals surface area contributed by atoms with Crippen molar-refractivity contribution in [3.8, 4) is 39.1 Å². The quantitative estimate of drug-likeness (QED) is 0.156. The molecule has 8 saturated carbocycles. The Balaban J connectivity index is 0.904. The topological polar surface area (TPSA) is 8.17 Å². The number of rotatable bonds is 5. The molecule has 4 bridgehead atoms. The Kier molecular flexibility index (Phi) is 6.56. The standard InChI is InChI=1S/C68H53BN2S/c1-3-9-38(10-4-1)40-15-18-50(19-16-40)71-59-31-62-54(51-13-7-8-14-61(51)72-62)30-53(59)55-21-41(39-11-5-2-6-12-39)22-60-63(55)69(71)57-29-43(66-34-48-25-45-26-49(35-66)68(45,48)37-66)28-56-52-27-42(17-20-58(52)70(60)64(56)57)65-32-46-23-44-24-47(33-65)67(44,46)36-65/h1-22,27-31,44-49H,23-26,32-37H2/t44?,45?,46?,47?,48-,49?,65?,66?,67?,68?/m0/s1. The summed E-state index contributed by atoms with van der Waals surface area (Å²) in [5.41, 5.74) is 22.9. The molecular formula is C68H53BN2S. The van der Waals surface area contributed by atoms with Crippen LogP contribution in [0.15, 0.2) is 164 Å². The number of hydrogen-bond acceptors (Lipinski definition) is 2. The smallest absolute Gasteiger partial charge is 0.333 e. The highest BCUT2D eigenvalue weighted by Gasteiger charge is 2.78. The number of hydrogen-bond donors (Lipinski definition) is 0. The number of benzene rings is 8. The predicted octanol–water partition coefficient (Wildman–Crippen LogP) is 15.9. The van der Waals surface area contributed by atoms with Crippen LogP contribution in [0.25, 0.3) is 81.0 Å². The fraction of sp³-hybridized carbons (Fsp3) is 0.294. The van der Waals surface area contributed by atoms with Gasteiger partial charge in [-0.05, 0) is 232 Å². The Morgan fingerprint density at radius 2 is 1.07 bits per heavy atom. The number of aromatic nitrogens is 1. The van der Waals surface area contributed by atoms with Crippen LogP contribution in [-0.4, -0.2) is 11.4 Å². The first-order chi connectivity index (χ1) is 35.5. The van der Waals surface area contributed by atoms with Crippen molar-refractivity contribution in [3.63, 3.8) is 0 Å². The lowest BCUT2D eigenvalue weighted by Gasteiger charge is -2.66. The molecule has 6 unspecified atom stereocenters. The molecule has 2 nitrogen and oxygen atoms in total. The summed E-state index contributed by atoms with van der Waals surface area (Å²) >= 11 is 1.95. The summed E-state index contributed by atoms with van der Waals surface area (Å²) in [6.45, 7) is -0.00966. The molecule has 7 atom stereocenters. The average Bonchev–Trinajstić information content (AvgIpc) is 4.25. The van der Waals surface area contributed by atoms with Gasteiger partial charge in [0.25, 0.3) is 0 Å². The maximum Gasteiger partial charge on any atom is 0.333 e.